The molecule has 1 unspecified atom stereocenters. The van der Waals surface area contributed by atoms with Crippen molar-refractivity contribution in [2.24, 2.45) is 0 Å². The molecule has 0 aliphatic rings. The van der Waals surface area contributed by atoms with Crippen LogP contribution in [0.4, 0.5) is 9.59 Å². The van der Waals surface area contributed by atoms with E-state index >= 15 is 0 Å². The summed E-state index contributed by atoms with van der Waals surface area (Å²) >= 11 is 0. The topological polar surface area (TPSA) is 145 Å². The first-order chi connectivity index (χ1) is 18.0. The van der Waals surface area contributed by atoms with Gasteiger partial charge < -0.3 is 9.47 Å². The van der Waals surface area contributed by atoms with Gasteiger partial charge in [-0.1, -0.05) is 71.6 Å². The average Bonchev–Trinajstić information content (AvgIpc) is 2.86. The SMILES string of the molecule is Cc1ccc(S(=O)(=O)NC(=O)OCC#CC(OC(=O)NS(=O)(=O)c2ccc(C)cc2)c2ccccc2)cc1. The molecule has 1 atom stereocenters. The molecule has 10 nitrogen and oxygen atoms in total. The lowest BCUT2D eigenvalue weighted by Gasteiger charge is -2.14. The molecule has 198 valence electrons. The van der Waals surface area contributed by atoms with Crippen molar-refractivity contribution < 1.29 is 35.9 Å². The number of carbonyl (C=O) groups is 2. The molecular formula is C26H24N2O8S2. The van der Waals surface area contributed by atoms with Crippen LogP contribution in [0, 0.1) is 25.7 Å². The van der Waals surface area contributed by atoms with Crippen LogP contribution in [0.15, 0.2) is 88.7 Å². The number of amides is 2. The third-order valence-corrected chi connectivity index (χ3v) is 7.59. The second kappa shape index (κ2) is 12.3. The summed E-state index contributed by atoms with van der Waals surface area (Å²) in [5.74, 6) is 5.05. The molecular weight excluding hydrogens is 532 g/mol. The molecule has 0 bridgehead atoms. The van der Waals surface area contributed by atoms with Gasteiger partial charge in [0.2, 0.25) is 0 Å². The van der Waals surface area contributed by atoms with Gasteiger partial charge in [-0.15, -0.1) is 0 Å². The maximum Gasteiger partial charge on any atom is 0.422 e. The highest BCUT2D eigenvalue weighted by molar-refractivity contribution is 7.90. The Hall–Kier alpha value is -4.34. The van der Waals surface area contributed by atoms with Crippen LogP contribution in [-0.4, -0.2) is 35.6 Å². The Kier molecular flexibility index (Phi) is 9.11. The molecule has 12 heteroatoms. The minimum Gasteiger partial charge on any atom is -0.436 e. The van der Waals surface area contributed by atoms with E-state index in [2.05, 4.69) is 11.8 Å². The number of aryl methyl sites for hydroxylation is 2. The largest absolute Gasteiger partial charge is 0.436 e. The van der Waals surface area contributed by atoms with Crippen molar-refractivity contribution in [1.29, 1.82) is 0 Å². The Labute approximate surface area is 221 Å². The van der Waals surface area contributed by atoms with Gasteiger partial charge in [0.05, 0.1) is 9.79 Å². The van der Waals surface area contributed by atoms with Crippen LogP contribution in [0.2, 0.25) is 0 Å². The summed E-state index contributed by atoms with van der Waals surface area (Å²) in [4.78, 5) is 24.1. The maximum absolute atomic E-state index is 12.5. The molecule has 0 aromatic heterocycles. The fraction of sp³-hybridized carbons (Fsp3) is 0.154. The number of nitrogens with one attached hydrogen (secondary N) is 2. The number of hydrogen-bond acceptors (Lipinski definition) is 8. The van der Waals surface area contributed by atoms with Crippen molar-refractivity contribution in [1.82, 2.24) is 9.44 Å². The molecule has 3 aromatic rings. The summed E-state index contributed by atoms with van der Waals surface area (Å²) in [5, 5.41) is 0. The van der Waals surface area contributed by atoms with Crippen molar-refractivity contribution in [3.8, 4) is 11.8 Å². The van der Waals surface area contributed by atoms with E-state index in [9.17, 15) is 26.4 Å². The molecule has 2 N–H and O–H groups in total. The highest BCUT2D eigenvalue weighted by Gasteiger charge is 2.22. The number of carbonyl (C=O) groups excluding carboxylic acids is 2. The predicted molar refractivity (Wildman–Crippen MR) is 138 cm³/mol. The van der Waals surface area contributed by atoms with Crippen molar-refractivity contribution in [3.63, 3.8) is 0 Å². The van der Waals surface area contributed by atoms with Gasteiger partial charge in [-0.05, 0) is 44.0 Å². The monoisotopic (exact) mass is 556 g/mol. The molecule has 0 heterocycles. The van der Waals surface area contributed by atoms with E-state index in [1.807, 2.05) is 4.72 Å². The normalized spacial score (nSPS) is 11.8. The number of ether oxygens (including phenoxy) is 2. The Balaban J connectivity index is 1.64. The average molecular weight is 557 g/mol. The third kappa shape index (κ3) is 8.09. The van der Waals surface area contributed by atoms with E-state index in [1.165, 1.54) is 24.3 Å². The predicted octanol–water partition coefficient (Wildman–Crippen LogP) is 3.58. The van der Waals surface area contributed by atoms with Crippen LogP contribution in [0.1, 0.15) is 22.8 Å². The molecule has 3 aromatic carbocycles. The fourth-order valence-electron chi connectivity index (χ4n) is 2.98. The van der Waals surface area contributed by atoms with Gasteiger partial charge in [0, 0.05) is 5.56 Å². The Morgan fingerprint density at radius 3 is 1.71 bits per heavy atom. The van der Waals surface area contributed by atoms with Gasteiger partial charge in [-0.2, -0.15) is 0 Å². The molecule has 0 radical (unpaired) electrons. The molecule has 0 spiro atoms. The van der Waals surface area contributed by atoms with E-state index in [0.29, 0.717) is 5.56 Å². The van der Waals surface area contributed by atoms with E-state index in [0.717, 1.165) is 11.1 Å². The lowest BCUT2D eigenvalue weighted by atomic mass is 10.1. The standard InChI is InChI=1S/C26H24N2O8S2/c1-19-10-14-22(15-11-19)37(31,32)27-25(29)35-18-6-9-24(21-7-4-3-5-8-21)36-26(30)28-38(33,34)23-16-12-20(2)13-17-23/h3-5,7-8,10-17,24H,18H2,1-2H3,(H,27,29)(H,28,30). The lowest BCUT2D eigenvalue weighted by molar-refractivity contribution is 0.129. The highest BCUT2D eigenvalue weighted by Crippen LogP contribution is 2.17. The van der Waals surface area contributed by atoms with E-state index in [1.54, 1.807) is 73.2 Å². The second-order valence-electron chi connectivity index (χ2n) is 7.93. The van der Waals surface area contributed by atoms with Crippen molar-refractivity contribution in [3.05, 3.63) is 95.6 Å². The smallest absolute Gasteiger partial charge is 0.422 e. The number of benzene rings is 3. The third-order valence-electron chi connectivity index (χ3n) is 4.93. The van der Waals surface area contributed by atoms with Gasteiger partial charge in [0.25, 0.3) is 20.0 Å². The Morgan fingerprint density at radius 2 is 1.21 bits per heavy atom. The summed E-state index contributed by atoms with van der Waals surface area (Å²) in [5.41, 5.74) is 2.11. The highest BCUT2D eigenvalue weighted by atomic mass is 32.2. The zero-order chi connectivity index (χ0) is 27.8. The van der Waals surface area contributed by atoms with Crippen LogP contribution in [0.25, 0.3) is 0 Å². The minimum atomic E-state index is -4.19. The molecule has 0 fully saturated rings. The van der Waals surface area contributed by atoms with Crippen LogP contribution in [-0.2, 0) is 29.5 Å². The van der Waals surface area contributed by atoms with Crippen molar-refractivity contribution in [2.75, 3.05) is 6.61 Å². The van der Waals surface area contributed by atoms with Gasteiger partial charge in [0.1, 0.15) is 0 Å². The zero-order valence-corrected chi connectivity index (χ0v) is 22.0. The summed E-state index contributed by atoms with van der Waals surface area (Å²) in [6, 6.07) is 20.0. The number of sulfonamides is 2. The van der Waals surface area contributed by atoms with E-state index in [-0.39, 0.29) is 9.79 Å². The molecule has 0 aliphatic heterocycles. The summed E-state index contributed by atoms with van der Waals surface area (Å²) < 4.78 is 63.1. The quantitative estimate of drug-likeness (QED) is 0.420. The molecule has 0 saturated carbocycles. The molecule has 2 amide bonds. The van der Waals surface area contributed by atoms with Crippen molar-refractivity contribution in [2.45, 2.75) is 29.7 Å². The van der Waals surface area contributed by atoms with Crippen LogP contribution < -0.4 is 9.44 Å². The first kappa shape index (κ1) is 28.2. The lowest BCUT2D eigenvalue weighted by Crippen LogP contribution is -2.32. The molecule has 0 aliphatic carbocycles. The van der Waals surface area contributed by atoms with Crippen LogP contribution in [0.3, 0.4) is 0 Å². The van der Waals surface area contributed by atoms with Crippen LogP contribution in [0.5, 0.6) is 0 Å². The van der Waals surface area contributed by atoms with Gasteiger partial charge in [0.15, 0.2) is 12.7 Å². The molecule has 3 rings (SSSR count). The van der Waals surface area contributed by atoms with Gasteiger partial charge in [-0.25, -0.2) is 35.9 Å². The van der Waals surface area contributed by atoms with Gasteiger partial charge in [-0.3, -0.25) is 0 Å². The minimum absolute atomic E-state index is 0.115. The summed E-state index contributed by atoms with van der Waals surface area (Å²) in [6.07, 6.45) is -3.73. The van der Waals surface area contributed by atoms with Crippen molar-refractivity contribution >= 4 is 32.2 Å². The molecule has 38 heavy (non-hydrogen) atoms. The fourth-order valence-corrected chi connectivity index (χ4v) is 4.75. The second-order valence-corrected chi connectivity index (χ2v) is 11.3. The first-order valence-corrected chi connectivity index (χ1v) is 14.0. The maximum atomic E-state index is 12.5. The summed E-state index contributed by atoms with van der Waals surface area (Å²) in [6.45, 7) is 3.04. The van der Waals surface area contributed by atoms with E-state index in [4.69, 9.17) is 9.47 Å². The zero-order valence-electron chi connectivity index (χ0n) is 20.4. The Bertz CT molecular complexity index is 1560. The number of hydrogen-bond donors (Lipinski definition) is 2. The molecule has 0 saturated heterocycles. The van der Waals surface area contributed by atoms with Gasteiger partial charge >= 0.3 is 12.2 Å². The van der Waals surface area contributed by atoms with Crippen LogP contribution >= 0.6 is 0 Å². The number of rotatable bonds is 7. The first-order valence-electron chi connectivity index (χ1n) is 11.1. The Morgan fingerprint density at radius 1 is 0.737 bits per heavy atom. The van der Waals surface area contributed by atoms with E-state index < -0.39 is 44.9 Å². The summed E-state index contributed by atoms with van der Waals surface area (Å²) in [7, 11) is -8.33.